The molecule has 1 amide bonds. The lowest BCUT2D eigenvalue weighted by Crippen LogP contribution is -2.31. The van der Waals surface area contributed by atoms with Crippen LogP contribution >= 0.6 is 11.3 Å². The van der Waals surface area contributed by atoms with Crippen LogP contribution in [0.5, 0.6) is 0 Å². The third kappa shape index (κ3) is 5.30. The highest BCUT2D eigenvalue weighted by Gasteiger charge is 2.25. The molecule has 6 aromatic rings. The van der Waals surface area contributed by atoms with Gasteiger partial charge in [0.25, 0.3) is 5.91 Å². The Balaban J connectivity index is 1.21. The largest absolute Gasteiger partial charge is 0.326 e. The van der Waals surface area contributed by atoms with Gasteiger partial charge in [0.2, 0.25) is 0 Å². The Morgan fingerprint density at radius 3 is 2.63 bits per heavy atom. The van der Waals surface area contributed by atoms with Crippen LogP contribution in [0.15, 0.2) is 73.4 Å². The number of nitrogens with one attached hydrogen (secondary N) is 1. The zero-order chi connectivity index (χ0) is 29.5. The minimum atomic E-state index is -0.297. The number of aryl methyl sites for hydroxylation is 1. The molecule has 7 rings (SSSR count). The van der Waals surface area contributed by atoms with Gasteiger partial charge in [-0.15, -0.1) is 11.3 Å². The smallest absolute Gasteiger partial charge is 0.268 e. The molecule has 0 saturated carbocycles. The van der Waals surface area contributed by atoms with E-state index in [1.807, 2.05) is 37.5 Å². The number of carbonyl (C=O) groups is 1. The molecule has 10 nitrogen and oxygen atoms in total. The summed E-state index contributed by atoms with van der Waals surface area (Å²) in [5, 5.41) is 8.53. The summed E-state index contributed by atoms with van der Waals surface area (Å²) in [6.07, 6.45) is 8.98. The second kappa shape index (κ2) is 11.1. The Labute approximate surface area is 250 Å². The summed E-state index contributed by atoms with van der Waals surface area (Å²) in [5.41, 5.74) is 5.21. The van der Waals surface area contributed by atoms with E-state index in [1.165, 1.54) is 23.5 Å². The minimum absolute atomic E-state index is 0.266. The van der Waals surface area contributed by atoms with Gasteiger partial charge in [-0.25, -0.2) is 23.9 Å². The van der Waals surface area contributed by atoms with Gasteiger partial charge in [0.15, 0.2) is 11.5 Å². The minimum Gasteiger partial charge on any atom is -0.326 e. The highest BCUT2D eigenvalue weighted by Crippen LogP contribution is 2.35. The van der Waals surface area contributed by atoms with Crippen LogP contribution in [0.25, 0.3) is 38.9 Å². The van der Waals surface area contributed by atoms with Crippen molar-refractivity contribution in [3.05, 3.63) is 89.8 Å². The molecule has 5 aromatic heterocycles. The molecule has 1 aliphatic heterocycles. The van der Waals surface area contributed by atoms with Crippen molar-refractivity contribution in [3.63, 3.8) is 0 Å². The molecule has 43 heavy (non-hydrogen) atoms. The fraction of sp³-hybridized carbons (Fsp3) is 0.226. The molecular weight excluding hydrogens is 565 g/mol. The van der Waals surface area contributed by atoms with Gasteiger partial charge in [-0.05, 0) is 88.4 Å². The van der Waals surface area contributed by atoms with E-state index in [9.17, 15) is 9.18 Å². The number of thiazole rings is 1. The van der Waals surface area contributed by atoms with Crippen molar-refractivity contribution < 1.29 is 9.18 Å². The number of rotatable bonds is 6. The van der Waals surface area contributed by atoms with Gasteiger partial charge in [-0.1, -0.05) is 0 Å². The Morgan fingerprint density at radius 2 is 1.86 bits per heavy atom. The number of nitrogens with zero attached hydrogens (tertiary/aromatic N) is 8. The van der Waals surface area contributed by atoms with Crippen molar-refractivity contribution >= 4 is 28.7 Å². The first-order chi connectivity index (χ1) is 20.9. The molecule has 216 valence electrons. The lowest BCUT2D eigenvalue weighted by Gasteiger charge is -2.30. The number of anilines is 1. The molecule has 1 aromatic carbocycles. The maximum atomic E-state index is 13.7. The number of hydrogen-bond acceptors (Lipinski definition) is 8. The van der Waals surface area contributed by atoms with E-state index in [0.29, 0.717) is 27.7 Å². The molecule has 0 unspecified atom stereocenters. The van der Waals surface area contributed by atoms with Crippen LogP contribution < -0.4 is 5.32 Å². The third-order valence-corrected chi connectivity index (χ3v) is 8.91. The van der Waals surface area contributed by atoms with Crippen LogP contribution in [0.3, 0.4) is 0 Å². The van der Waals surface area contributed by atoms with Gasteiger partial charge in [0.1, 0.15) is 21.4 Å². The Hall–Kier alpha value is -4.81. The molecular formula is C31H28FN9OS. The Morgan fingerprint density at radius 1 is 1.05 bits per heavy atom. The molecule has 1 saturated heterocycles. The summed E-state index contributed by atoms with van der Waals surface area (Å²) in [6.45, 7) is 3.80. The molecule has 6 heterocycles. The van der Waals surface area contributed by atoms with Gasteiger partial charge in [0.05, 0.1) is 29.6 Å². The second-order valence-electron chi connectivity index (χ2n) is 10.7. The summed E-state index contributed by atoms with van der Waals surface area (Å²) in [5.74, 6) is -0.199. The van der Waals surface area contributed by atoms with Crippen molar-refractivity contribution in [2.75, 3.05) is 25.5 Å². The van der Waals surface area contributed by atoms with E-state index in [-0.39, 0.29) is 17.8 Å². The van der Waals surface area contributed by atoms with Gasteiger partial charge in [-0.2, -0.15) is 5.10 Å². The van der Waals surface area contributed by atoms with E-state index in [1.54, 1.807) is 35.2 Å². The van der Waals surface area contributed by atoms with Crippen molar-refractivity contribution in [1.82, 2.24) is 39.0 Å². The normalized spacial score (nSPS) is 14.4. The average molecular weight is 594 g/mol. The number of amides is 1. The highest BCUT2D eigenvalue weighted by atomic mass is 32.1. The second-order valence-corrected chi connectivity index (χ2v) is 11.7. The van der Waals surface area contributed by atoms with Gasteiger partial charge < -0.3 is 14.8 Å². The van der Waals surface area contributed by atoms with E-state index in [2.05, 4.69) is 36.8 Å². The predicted octanol–water partition coefficient (Wildman–Crippen LogP) is 5.74. The predicted molar refractivity (Wildman–Crippen MR) is 163 cm³/mol. The number of halogens is 1. The summed E-state index contributed by atoms with van der Waals surface area (Å²) in [4.78, 5) is 34.1. The monoisotopic (exact) mass is 593 g/mol. The van der Waals surface area contributed by atoms with Gasteiger partial charge in [-0.3, -0.25) is 9.78 Å². The van der Waals surface area contributed by atoms with Crippen molar-refractivity contribution in [2.45, 2.75) is 25.8 Å². The number of likely N-dealkylation sites (tertiary alicyclic amines) is 1. The standard InChI is InChI=1S/C31H28FN9OS/c1-19-29(43-31(35-19)21-4-3-13-33-16-21)30(42)37-25-17-41-26(36-25)10-9-24(38-41)28-27(20-5-7-22(32)8-6-20)34-18-40(28)23-11-14-39(2)15-12-23/h3-10,13,16-18,23H,11-12,14-15H2,1-2H3,(H,37,42). The molecule has 1 fully saturated rings. The van der Waals surface area contributed by atoms with Gasteiger partial charge in [0, 0.05) is 29.6 Å². The lowest BCUT2D eigenvalue weighted by molar-refractivity contribution is 0.102. The number of aromatic nitrogens is 7. The number of carbonyl (C=O) groups excluding carboxylic acids is 1. The summed E-state index contributed by atoms with van der Waals surface area (Å²) in [6, 6.07) is 14.2. The number of piperidine rings is 1. The quantitative estimate of drug-likeness (QED) is 0.262. The number of fused-ring (bicyclic) bond motifs is 1. The topological polar surface area (TPSA) is 106 Å². The number of hydrogen-bond donors (Lipinski definition) is 1. The van der Waals surface area contributed by atoms with E-state index >= 15 is 0 Å². The van der Waals surface area contributed by atoms with E-state index in [4.69, 9.17) is 10.1 Å². The zero-order valence-electron chi connectivity index (χ0n) is 23.6. The third-order valence-electron chi connectivity index (χ3n) is 7.71. The fourth-order valence-electron chi connectivity index (χ4n) is 5.45. The molecule has 0 bridgehead atoms. The maximum absolute atomic E-state index is 13.7. The number of benzene rings is 1. The SMILES string of the molecule is Cc1nc(-c2cccnc2)sc1C(=O)Nc1cn2nc(-c3c(-c4ccc(F)cc4)ncn3C3CCN(C)CC3)ccc2n1. The summed E-state index contributed by atoms with van der Waals surface area (Å²) in [7, 11) is 2.13. The van der Waals surface area contributed by atoms with Crippen molar-refractivity contribution in [1.29, 1.82) is 0 Å². The fourth-order valence-corrected chi connectivity index (χ4v) is 6.40. The van der Waals surface area contributed by atoms with Crippen LogP contribution in [-0.2, 0) is 0 Å². The molecule has 0 spiro atoms. The van der Waals surface area contributed by atoms with E-state index < -0.39 is 0 Å². The first-order valence-corrected chi connectivity index (χ1v) is 14.8. The first kappa shape index (κ1) is 27.0. The average Bonchev–Trinajstić information content (AvgIpc) is 3.74. The summed E-state index contributed by atoms with van der Waals surface area (Å²) < 4.78 is 17.6. The molecule has 1 N–H and O–H groups in total. The zero-order valence-corrected chi connectivity index (χ0v) is 24.4. The van der Waals surface area contributed by atoms with Crippen molar-refractivity contribution in [2.24, 2.45) is 0 Å². The van der Waals surface area contributed by atoms with Crippen LogP contribution in [0.2, 0.25) is 0 Å². The van der Waals surface area contributed by atoms with Gasteiger partial charge >= 0.3 is 0 Å². The molecule has 0 radical (unpaired) electrons. The van der Waals surface area contributed by atoms with E-state index in [0.717, 1.165) is 53.5 Å². The number of imidazole rings is 2. The number of pyridine rings is 1. The van der Waals surface area contributed by atoms with Crippen molar-refractivity contribution in [3.8, 4) is 33.2 Å². The molecule has 0 aliphatic carbocycles. The molecule has 0 atom stereocenters. The Kier molecular flexibility index (Phi) is 6.99. The lowest BCUT2D eigenvalue weighted by atomic mass is 10.0. The molecule has 1 aliphatic rings. The van der Waals surface area contributed by atoms with Crippen LogP contribution in [0, 0.1) is 12.7 Å². The summed E-state index contributed by atoms with van der Waals surface area (Å²) >= 11 is 1.31. The Bertz CT molecular complexity index is 1920. The first-order valence-electron chi connectivity index (χ1n) is 14.0. The van der Waals surface area contributed by atoms with Crippen LogP contribution in [0.1, 0.15) is 34.2 Å². The maximum Gasteiger partial charge on any atom is 0.268 e. The highest BCUT2D eigenvalue weighted by molar-refractivity contribution is 7.17. The van der Waals surface area contributed by atoms with Crippen LogP contribution in [-0.4, -0.2) is 65.1 Å². The van der Waals surface area contributed by atoms with Crippen LogP contribution in [0.4, 0.5) is 10.2 Å². The molecule has 12 heteroatoms.